The second-order valence-electron chi connectivity index (χ2n) is 7.56. The first-order valence-corrected chi connectivity index (χ1v) is 9.75. The Hall–Kier alpha value is -2.69. The summed E-state index contributed by atoms with van der Waals surface area (Å²) in [4.78, 5) is 12.2. The van der Waals surface area contributed by atoms with Gasteiger partial charge in [0.05, 0.1) is 26.3 Å². The molecule has 0 amide bonds. The average Bonchev–Trinajstić information content (AvgIpc) is 3.08. The van der Waals surface area contributed by atoms with Gasteiger partial charge in [0.15, 0.2) is 0 Å². The van der Waals surface area contributed by atoms with Crippen molar-refractivity contribution in [3.63, 3.8) is 0 Å². The number of hydrogen-bond acceptors (Lipinski definition) is 5. The normalized spacial score (nSPS) is 16.4. The highest BCUT2D eigenvalue weighted by atomic mass is 16.5. The fourth-order valence-electron chi connectivity index (χ4n) is 4.28. The van der Waals surface area contributed by atoms with Gasteiger partial charge in [-0.1, -0.05) is 25.1 Å². The molecule has 3 N–H and O–H groups in total. The van der Waals surface area contributed by atoms with Crippen LogP contribution in [0.4, 0.5) is 11.4 Å². The highest BCUT2D eigenvalue weighted by Crippen LogP contribution is 2.43. The van der Waals surface area contributed by atoms with Crippen molar-refractivity contribution in [3.05, 3.63) is 52.1 Å². The van der Waals surface area contributed by atoms with E-state index in [1.807, 2.05) is 20.0 Å². The molecule has 0 fully saturated rings. The SMILES string of the molecule is CNc1c(OC)cc(C(CC(=O)OC)c2ccc3c(c2)C(C)CC3)c(C)c1N. The molecule has 2 unspecified atom stereocenters. The lowest BCUT2D eigenvalue weighted by molar-refractivity contribution is -0.140. The van der Waals surface area contributed by atoms with Crippen LogP contribution in [0, 0.1) is 6.92 Å². The highest BCUT2D eigenvalue weighted by molar-refractivity contribution is 5.79. The third-order valence-corrected chi connectivity index (χ3v) is 6.03. The summed E-state index contributed by atoms with van der Waals surface area (Å²) in [6.45, 7) is 4.25. The van der Waals surface area contributed by atoms with Gasteiger partial charge in [-0.15, -0.1) is 0 Å². The Morgan fingerprint density at radius 3 is 2.71 bits per heavy atom. The molecule has 1 aliphatic rings. The first-order valence-electron chi connectivity index (χ1n) is 9.75. The smallest absolute Gasteiger partial charge is 0.306 e. The third-order valence-electron chi connectivity index (χ3n) is 6.03. The number of aryl methyl sites for hydroxylation is 1. The molecule has 3 rings (SSSR count). The third kappa shape index (κ3) is 3.53. The van der Waals surface area contributed by atoms with Crippen LogP contribution in [0.15, 0.2) is 24.3 Å². The van der Waals surface area contributed by atoms with Crippen LogP contribution in [-0.2, 0) is 16.0 Å². The standard InChI is InChI=1S/C23H30N2O3/c1-13-6-7-15-8-9-16(10-17(13)15)19(12-21(26)28-5)18-11-20(27-4)23(25-3)22(24)14(18)2/h8-11,13,19,25H,6-7,12,24H2,1-5H3. The molecule has 1 aliphatic carbocycles. The van der Waals surface area contributed by atoms with Crippen LogP contribution in [0.2, 0.25) is 0 Å². The molecule has 2 aromatic carbocycles. The summed E-state index contributed by atoms with van der Waals surface area (Å²) >= 11 is 0. The summed E-state index contributed by atoms with van der Waals surface area (Å²) < 4.78 is 10.6. The number of hydrogen-bond donors (Lipinski definition) is 2. The number of anilines is 2. The van der Waals surface area contributed by atoms with Gasteiger partial charge in [0.2, 0.25) is 0 Å². The fourth-order valence-corrected chi connectivity index (χ4v) is 4.28. The van der Waals surface area contributed by atoms with Gasteiger partial charge in [0.25, 0.3) is 0 Å². The van der Waals surface area contributed by atoms with E-state index in [9.17, 15) is 4.79 Å². The maximum absolute atomic E-state index is 12.2. The number of methoxy groups -OCH3 is 2. The lowest BCUT2D eigenvalue weighted by atomic mass is 9.83. The Labute approximate surface area is 167 Å². The van der Waals surface area contributed by atoms with E-state index in [2.05, 4.69) is 30.4 Å². The van der Waals surface area contributed by atoms with Crippen LogP contribution in [0.25, 0.3) is 0 Å². The molecule has 0 bridgehead atoms. The van der Waals surface area contributed by atoms with E-state index < -0.39 is 0 Å². The molecule has 0 heterocycles. The van der Waals surface area contributed by atoms with Crippen molar-refractivity contribution >= 4 is 17.3 Å². The van der Waals surface area contributed by atoms with Crippen LogP contribution >= 0.6 is 0 Å². The van der Waals surface area contributed by atoms with Gasteiger partial charge in [-0.05, 0) is 59.6 Å². The molecule has 150 valence electrons. The number of carbonyl (C=O) groups excluding carboxylic acids is 1. The van der Waals surface area contributed by atoms with Crippen LogP contribution in [0.1, 0.15) is 59.4 Å². The van der Waals surface area contributed by atoms with Crippen molar-refractivity contribution in [1.82, 2.24) is 0 Å². The van der Waals surface area contributed by atoms with Crippen molar-refractivity contribution < 1.29 is 14.3 Å². The minimum Gasteiger partial charge on any atom is -0.494 e. The molecule has 5 nitrogen and oxygen atoms in total. The monoisotopic (exact) mass is 382 g/mol. The summed E-state index contributed by atoms with van der Waals surface area (Å²) in [5, 5.41) is 3.11. The Bertz CT molecular complexity index is 892. The van der Waals surface area contributed by atoms with Crippen LogP contribution < -0.4 is 15.8 Å². The predicted molar refractivity (Wildman–Crippen MR) is 113 cm³/mol. The Kier molecular flexibility index (Phi) is 5.82. The molecule has 28 heavy (non-hydrogen) atoms. The minimum atomic E-state index is -0.242. The zero-order valence-corrected chi connectivity index (χ0v) is 17.4. The molecule has 2 aromatic rings. The van der Waals surface area contributed by atoms with E-state index in [4.69, 9.17) is 15.2 Å². The number of nitrogens with two attached hydrogens (primary N) is 1. The van der Waals surface area contributed by atoms with E-state index in [1.165, 1.54) is 24.7 Å². The minimum absolute atomic E-state index is 0.146. The van der Waals surface area contributed by atoms with Crippen LogP contribution in [0.5, 0.6) is 5.75 Å². The van der Waals surface area contributed by atoms with Crippen LogP contribution in [0.3, 0.4) is 0 Å². The Morgan fingerprint density at radius 1 is 1.32 bits per heavy atom. The highest BCUT2D eigenvalue weighted by Gasteiger charge is 2.26. The largest absolute Gasteiger partial charge is 0.494 e. The summed E-state index contributed by atoms with van der Waals surface area (Å²) in [6.07, 6.45) is 2.55. The zero-order valence-electron chi connectivity index (χ0n) is 17.4. The van der Waals surface area contributed by atoms with Gasteiger partial charge in [0, 0.05) is 13.0 Å². The Balaban J connectivity index is 2.15. The number of nitrogen functional groups attached to an aromatic ring is 1. The van der Waals surface area contributed by atoms with Gasteiger partial charge in [-0.25, -0.2) is 0 Å². The number of rotatable bonds is 6. The van der Waals surface area contributed by atoms with E-state index >= 15 is 0 Å². The van der Waals surface area contributed by atoms with E-state index in [0.29, 0.717) is 17.4 Å². The van der Waals surface area contributed by atoms with Gasteiger partial charge >= 0.3 is 5.97 Å². The molecule has 5 heteroatoms. The van der Waals surface area contributed by atoms with E-state index in [0.717, 1.165) is 28.8 Å². The Morgan fingerprint density at radius 2 is 2.07 bits per heavy atom. The van der Waals surface area contributed by atoms with E-state index in [-0.39, 0.29) is 18.3 Å². The van der Waals surface area contributed by atoms with E-state index in [1.54, 1.807) is 7.11 Å². The molecule has 0 aliphatic heterocycles. The molecule has 0 aromatic heterocycles. The number of benzene rings is 2. The van der Waals surface area contributed by atoms with Crippen molar-refractivity contribution in [2.45, 2.75) is 44.9 Å². The lowest BCUT2D eigenvalue weighted by Gasteiger charge is -2.24. The van der Waals surface area contributed by atoms with Crippen LogP contribution in [-0.4, -0.2) is 27.2 Å². The topological polar surface area (TPSA) is 73.6 Å². The number of carbonyl (C=O) groups is 1. The number of ether oxygens (including phenoxy) is 2. The molecule has 0 radical (unpaired) electrons. The summed E-state index contributed by atoms with van der Waals surface area (Å²) in [7, 11) is 4.87. The van der Waals surface area contributed by atoms with Crippen molar-refractivity contribution in [1.29, 1.82) is 0 Å². The van der Waals surface area contributed by atoms with Crippen molar-refractivity contribution in [3.8, 4) is 5.75 Å². The number of fused-ring (bicyclic) bond motifs is 1. The fraction of sp³-hybridized carbons (Fsp3) is 0.435. The van der Waals surface area contributed by atoms with Crippen molar-refractivity contribution in [2.75, 3.05) is 32.3 Å². The van der Waals surface area contributed by atoms with Gasteiger partial charge < -0.3 is 20.5 Å². The molecular weight excluding hydrogens is 352 g/mol. The molecule has 0 spiro atoms. The summed E-state index contributed by atoms with van der Waals surface area (Å²) in [6, 6.07) is 8.59. The second-order valence-corrected chi connectivity index (χ2v) is 7.56. The van der Waals surface area contributed by atoms with Crippen molar-refractivity contribution in [2.24, 2.45) is 0 Å². The molecule has 2 atom stereocenters. The lowest BCUT2D eigenvalue weighted by Crippen LogP contribution is -2.14. The molecule has 0 saturated heterocycles. The zero-order chi connectivity index (χ0) is 20.4. The average molecular weight is 383 g/mol. The van der Waals surface area contributed by atoms with Gasteiger partial charge in [-0.3, -0.25) is 4.79 Å². The first-order chi connectivity index (χ1) is 13.4. The number of esters is 1. The molecular formula is C23H30N2O3. The first kappa shape index (κ1) is 20.1. The molecule has 0 saturated carbocycles. The predicted octanol–water partition coefficient (Wildman–Crippen LogP) is 4.37. The summed E-state index contributed by atoms with van der Waals surface area (Å²) in [5.41, 5.74) is 13.7. The quantitative estimate of drug-likeness (QED) is 0.573. The number of nitrogens with one attached hydrogen (secondary N) is 1. The van der Waals surface area contributed by atoms with Gasteiger partial charge in [0.1, 0.15) is 11.4 Å². The maximum atomic E-state index is 12.2. The van der Waals surface area contributed by atoms with Gasteiger partial charge in [-0.2, -0.15) is 0 Å². The maximum Gasteiger partial charge on any atom is 0.306 e. The summed E-state index contributed by atoms with van der Waals surface area (Å²) in [5.74, 6) is 0.826. The second kappa shape index (κ2) is 8.13.